The number of esters is 1. The molecule has 1 saturated heterocycles. The maximum Gasteiger partial charge on any atom is 0.306 e. The third-order valence-corrected chi connectivity index (χ3v) is 5.09. The SMILES string of the molecule is NC(=O)CC[C@H](NCCCCCC(=O)OCc1ccccc1)C(=O)N1CCCC1. The van der Waals surface area contributed by atoms with Gasteiger partial charge >= 0.3 is 5.97 Å². The molecule has 0 saturated carbocycles. The molecule has 0 aliphatic carbocycles. The molecule has 1 aliphatic rings. The number of rotatable bonds is 13. The summed E-state index contributed by atoms with van der Waals surface area (Å²) in [6.45, 7) is 2.56. The molecule has 7 nitrogen and oxygen atoms in total. The summed E-state index contributed by atoms with van der Waals surface area (Å²) in [6, 6.07) is 9.25. The van der Waals surface area contributed by atoms with E-state index in [-0.39, 0.29) is 30.2 Å². The molecule has 0 spiro atoms. The van der Waals surface area contributed by atoms with Gasteiger partial charge in [0.25, 0.3) is 0 Å². The third kappa shape index (κ3) is 9.09. The second-order valence-electron chi connectivity index (χ2n) is 7.50. The Morgan fingerprint density at radius 3 is 2.45 bits per heavy atom. The van der Waals surface area contributed by atoms with E-state index in [4.69, 9.17) is 10.5 Å². The first kappa shape index (κ1) is 22.9. The molecular formula is C22H33N3O4. The molecule has 1 aliphatic heterocycles. The van der Waals surface area contributed by atoms with Gasteiger partial charge in [0.1, 0.15) is 6.61 Å². The Balaban J connectivity index is 1.59. The maximum atomic E-state index is 12.6. The van der Waals surface area contributed by atoms with Gasteiger partial charge in [-0.3, -0.25) is 14.4 Å². The topological polar surface area (TPSA) is 102 Å². The lowest BCUT2D eigenvalue weighted by molar-refractivity contribution is -0.145. The summed E-state index contributed by atoms with van der Waals surface area (Å²) in [7, 11) is 0. The molecule has 0 radical (unpaired) electrons. The zero-order valence-corrected chi connectivity index (χ0v) is 17.1. The molecule has 1 aromatic rings. The van der Waals surface area contributed by atoms with Crippen LogP contribution in [0.5, 0.6) is 0 Å². The highest BCUT2D eigenvalue weighted by molar-refractivity contribution is 5.83. The number of amides is 2. The zero-order valence-electron chi connectivity index (χ0n) is 17.1. The van der Waals surface area contributed by atoms with Gasteiger partial charge in [0, 0.05) is 25.9 Å². The second kappa shape index (κ2) is 12.9. The Labute approximate surface area is 173 Å². The predicted octanol–water partition coefficient (Wildman–Crippen LogP) is 2.14. The molecule has 0 aromatic heterocycles. The number of nitrogens with one attached hydrogen (secondary N) is 1. The average Bonchev–Trinajstić information content (AvgIpc) is 3.26. The summed E-state index contributed by atoms with van der Waals surface area (Å²) >= 11 is 0. The summed E-state index contributed by atoms with van der Waals surface area (Å²) in [4.78, 5) is 37.4. The quantitative estimate of drug-likeness (QED) is 0.388. The number of ether oxygens (including phenoxy) is 1. The summed E-state index contributed by atoms with van der Waals surface area (Å²) in [5.41, 5.74) is 6.22. The van der Waals surface area contributed by atoms with Gasteiger partial charge in [-0.15, -0.1) is 0 Å². The van der Waals surface area contributed by atoms with E-state index in [2.05, 4.69) is 5.32 Å². The van der Waals surface area contributed by atoms with Crippen LogP contribution in [0.1, 0.15) is 56.9 Å². The van der Waals surface area contributed by atoms with Crippen molar-refractivity contribution in [2.24, 2.45) is 5.73 Å². The minimum absolute atomic E-state index is 0.0632. The van der Waals surface area contributed by atoms with Crippen molar-refractivity contribution in [3.63, 3.8) is 0 Å². The van der Waals surface area contributed by atoms with Crippen LogP contribution in [0.3, 0.4) is 0 Å². The van der Waals surface area contributed by atoms with Gasteiger partial charge in [-0.05, 0) is 44.2 Å². The average molecular weight is 404 g/mol. The van der Waals surface area contributed by atoms with Crippen LogP contribution in [-0.4, -0.2) is 48.4 Å². The van der Waals surface area contributed by atoms with Crippen LogP contribution in [-0.2, 0) is 25.7 Å². The van der Waals surface area contributed by atoms with E-state index in [1.165, 1.54) is 0 Å². The van der Waals surface area contributed by atoms with Crippen molar-refractivity contribution in [2.45, 2.75) is 64.0 Å². The van der Waals surface area contributed by atoms with E-state index < -0.39 is 0 Å². The van der Waals surface area contributed by atoms with E-state index in [0.717, 1.165) is 50.8 Å². The van der Waals surface area contributed by atoms with Crippen molar-refractivity contribution >= 4 is 17.8 Å². The Bertz CT molecular complexity index is 645. The molecule has 1 fully saturated rings. The number of likely N-dealkylation sites (tertiary alicyclic amines) is 1. The number of carbonyl (C=O) groups excluding carboxylic acids is 3. The summed E-state index contributed by atoms with van der Waals surface area (Å²) in [5.74, 6) is -0.515. The van der Waals surface area contributed by atoms with Gasteiger partial charge < -0.3 is 20.7 Å². The van der Waals surface area contributed by atoms with Crippen molar-refractivity contribution in [3.05, 3.63) is 35.9 Å². The third-order valence-electron chi connectivity index (χ3n) is 5.09. The largest absolute Gasteiger partial charge is 0.461 e. The first-order valence-corrected chi connectivity index (χ1v) is 10.6. The highest BCUT2D eigenvalue weighted by atomic mass is 16.5. The molecule has 3 N–H and O–H groups in total. The Morgan fingerprint density at radius 2 is 1.76 bits per heavy atom. The number of unbranched alkanes of at least 4 members (excludes halogenated alkanes) is 2. The van der Waals surface area contributed by atoms with E-state index in [1.54, 1.807) is 0 Å². The van der Waals surface area contributed by atoms with E-state index in [9.17, 15) is 14.4 Å². The fourth-order valence-corrected chi connectivity index (χ4v) is 3.41. The van der Waals surface area contributed by atoms with Gasteiger partial charge in [0.15, 0.2) is 0 Å². The van der Waals surface area contributed by atoms with Crippen LogP contribution in [0, 0.1) is 0 Å². The standard InChI is InChI=1S/C22H33N3O4/c23-20(26)13-12-19(22(28)25-15-7-8-16-25)24-14-6-2-5-11-21(27)29-17-18-9-3-1-4-10-18/h1,3-4,9-10,19,24H,2,5-8,11-17H2,(H2,23,26)/t19-/m0/s1. The van der Waals surface area contributed by atoms with E-state index in [1.807, 2.05) is 35.2 Å². The van der Waals surface area contributed by atoms with Crippen LogP contribution in [0.4, 0.5) is 0 Å². The highest BCUT2D eigenvalue weighted by Gasteiger charge is 2.26. The molecule has 0 bridgehead atoms. The number of nitrogens with two attached hydrogens (primary N) is 1. The molecule has 2 amide bonds. The molecule has 29 heavy (non-hydrogen) atoms. The van der Waals surface area contributed by atoms with Crippen molar-refractivity contribution in [3.8, 4) is 0 Å². The first-order valence-electron chi connectivity index (χ1n) is 10.6. The van der Waals surface area contributed by atoms with E-state index in [0.29, 0.717) is 26.0 Å². The van der Waals surface area contributed by atoms with Gasteiger partial charge in [-0.25, -0.2) is 0 Å². The van der Waals surface area contributed by atoms with Crippen molar-refractivity contribution in [1.82, 2.24) is 10.2 Å². The molecule has 1 heterocycles. The molecule has 2 rings (SSSR count). The summed E-state index contributed by atoms with van der Waals surface area (Å²) < 4.78 is 5.27. The van der Waals surface area contributed by atoms with Crippen molar-refractivity contribution in [2.75, 3.05) is 19.6 Å². The fraction of sp³-hybridized carbons (Fsp3) is 0.591. The van der Waals surface area contributed by atoms with Gasteiger partial charge in [-0.2, -0.15) is 0 Å². The molecule has 1 atom stereocenters. The lowest BCUT2D eigenvalue weighted by Gasteiger charge is -2.24. The van der Waals surface area contributed by atoms with Crippen LogP contribution < -0.4 is 11.1 Å². The minimum Gasteiger partial charge on any atom is -0.461 e. The smallest absolute Gasteiger partial charge is 0.306 e. The normalized spacial score (nSPS) is 14.6. The molecule has 7 heteroatoms. The van der Waals surface area contributed by atoms with Crippen LogP contribution >= 0.6 is 0 Å². The highest BCUT2D eigenvalue weighted by Crippen LogP contribution is 2.12. The zero-order chi connectivity index (χ0) is 20.9. The maximum absolute atomic E-state index is 12.6. The minimum atomic E-state index is -0.389. The van der Waals surface area contributed by atoms with Crippen LogP contribution in [0.15, 0.2) is 30.3 Å². The molecule has 160 valence electrons. The monoisotopic (exact) mass is 403 g/mol. The number of benzene rings is 1. The Hall–Kier alpha value is -2.41. The Morgan fingerprint density at radius 1 is 1.03 bits per heavy atom. The van der Waals surface area contributed by atoms with Crippen LogP contribution in [0.2, 0.25) is 0 Å². The molecule has 1 aromatic carbocycles. The Kier molecular flexibility index (Phi) is 10.2. The van der Waals surface area contributed by atoms with Crippen LogP contribution in [0.25, 0.3) is 0 Å². The lowest BCUT2D eigenvalue weighted by atomic mass is 10.1. The first-order chi connectivity index (χ1) is 14.1. The molecular weight excluding hydrogens is 370 g/mol. The van der Waals surface area contributed by atoms with Crippen molar-refractivity contribution in [1.29, 1.82) is 0 Å². The number of hydrogen-bond acceptors (Lipinski definition) is 5. The lowest BCUT2D eigenvalue weighted by Crippen LogP contribution is -2.46. The van der Waals surface area contributed by atoms with Gasteiger partial charge in [-0.1, -0.05) is 36.8 Å². The van der Waals surface area contributed by atoms with Crippen molar-refractivity contribution < 1.29 is 19.1 Å². The number of hydrogen-bond donors (Lipinski definition) is 2. The van der Waals surface area contributed by atoms with Gasteiger partial charge in [0.05, 0.1) is 6.04 Å². The number of nitrogens with zero attached hydrogens (tertiary/aromatic N) is 1. The van der Waals surface area contributed by atoms with E-state index >= 15 is 0 Å². The predicted molar refractivity (Wildman–Crippen MR) is 111 cm³/mol. The summed E-state index contributed by atoms with van der Waals surface area (Å²) in [6.07, 6.45) is 5.57. The number of primary amides is 1. The summed E-state index contributed by atoms with van der Waals surface area (Å²) in [5, 5.41) is 3.27. The fourth-order valence-electron chi connectivity index (χ4n) is 3.41. The second-order valence-corrected chi connectivity index (χ2v) is 7.50. The van der Waals surface area contributed by atoms with Gasteiger partial charge in [0.2, 0.25) is 11.8 Å². The molecule has 0 unspecified atom stereocenters. The number of carbonyl (C=O) groups is 3.